The Bertz CT molecular complexity index is 554. The molecule has 1 N–H and O–H groups in total. The molecular weight excluding hydrogens is 443 g/mol. The fourth-order valence-electron chi connectivity index (χ4n) is 2.57. The topological polar surface area (TPSA) is 49.3 Å². The van der Waals surface area contributed by atoms with Gasteiger partial charge in [0.05, 0.1) is 14.2 Å². The van der Waals surface area contributed by atoms with Crippen LogP contribution in [0.4, 0.5) is 0 Å². The standard InChI is InChI=1S/C19H34N4O2.HI/c1-8-15(2)22(4)12-11-21-19(20-3)23(5)14-16-9-10-17(24-6)13-18(16)25-7;/h9-10,13,15H,8,11-12,14H2,1-7H3,(H,20,21);1H. The van der Waals surface area contributed by atoms with Crippen molar-refractivity contribution in [1.29, 1.82) is 0 Å². The molecule has 1 aromatic carbocycles. The monoisotopic (exact) mass is 478 g/mol. The van der Waals surface area contributed by atoms with Gasteiger partial charge in [0.1, 0.15) is 11.5 Å². The van der Waals surface area contributed by atoms with Crippen LogP contribution in [0.15, 0.2) is 23.2 Å². The number of ether oxygens (including phenoxy) is 2. The summed E-state index contributed by atoms with van der Waals surface area (Å²) in [7, 11) is 9.32. The number of likely N-dealkylation sites (N-methyl/N-ethyl adjacent to an activating group) is 1. The second-order valence-electron chi connectivity index (χ2n) is 6.25. The van der Waals surface area contributed by atoms with Gasteiger partial charge in [-0.1, -0.05) is 6.92 Å². The predicted octanol–water partition coefficient (Wildman–Crippen LogP) is 3.06. The summed E-state index contributed by atoms with van der Waals surface area (Å²) in [5.74, 6) is 2.48. The summed E-state index contributed by atoms with van der Waals surface area (Å²) in [4.78, 5) is 8.83. The van der Waals surface area contributed by atoms with Crippen molar-refractivity contribution in [1.82, 2.24) is 15.1 Å². The van der Waals surface area contributed by atoms with Crippen LogP contribution in [0.25, 0.3) is 0 Å². The van der Waals surface area contributed by atoms with Crippen molar-refractivity contribution in [2.45, 2.75) is 32.9 Å². The highest BCUT2D eigenvalue weighted by Crippen LogP contribution is 2.25. The zero-order valence-corrected chi connectivity index (χ0v) is 19.5. The molecule has 1 unspecified atom stereocenters. The lowest BCUT2D eigenvalue weighted by molar-refractivity contribution is 0.255. The molecular formula is C19H35IN4O2. The van der Waals surface area contributed by atoms with E-state index in [1.807, 2.05) is 32.3 Å². The number of nitrogens with one attached hydrogen (secondary N) is 1. The van der Waals surface area contributed by atoms with Gasteiger partial charge in [-0.05, 0) is 32.5 Å². The average Bonchev–Trinajstić information content (AvgIpc) is 2.64. The zero-order chi connectivity index (χ0) is 18.8. The molecule has 0 saturated heterocycles. The summed E-state index contributed by atoms with van der Waals surface area (Å²) < 4.78 is 10.7. The molecule has 0 heterocycles. The number of hydrogen-bond donors (Lipinski definition) is 1. The molecule has 0 aromatic heterocycles. The minimum absolute atomic E-state index is 0. The summed E-state index contributed by atoms with van der Waals surface area (Å²) in [6.07, 6.45) is 1.16. The van der Waals surface area contributed by atoms with Gasteiger partial charge in [0.15, 0.2) is 5.96 Å². The Morgan fingerprint density at radius 1 is 1.23 bits per heavy atom. The highest BCUT2D eigenvalue weighted by Gasteiger charge is 2.12. The predicted molar refractivity (Wildman–Crippen MR) is 120 cm³/mol. The molecule has 1 aromatic rings. The highest BCUT2D eigenvalue weighted by atomic mass is 127. The first-order valence-corrected chi connectivity index (χ1v) is 8.79. The summed E-state index contributed by atoms with van der Waals surface area (Å²) in [6, 6.07) is 6.46. The first-order chi connectivity index (χ1) is 12.0. The molecule has 150 valence electrons. The van der Waals surface area contributed by atoms with E-state index >= 15 is 0 Å². The Morgan fingerprint density at radius 3 is 2.46 bits per heavy atom. The van der Waals surface area contributed by atoms with Crippen molar-refractivity contribution in [2.75, 3.05) is 48.5 Å². The van der Waals surface area contributed by atoms with Crippen molar-refractivity contribution in [3.63, 3.8) is 0 Å². The molecule has 1 rings (SSSR count). The van der Waals surface area contributed by atoms with Crippen LogP contribution in [0, 0.1) is 0 Å². The first-order valence-electron chi connectivity index (χ1n) is 8.79. The molecule has 0 amide bonds. The largest absolute Gasteiger partial charge is 0.497 e. The molecule has 1 atom stereocenters. The van der Waals surface area contributed by atoms with Gasteiger partial charge in [0.25, 0.3) is 0 Å². The molecule has 0 radical (unpaired) electrons. The van der Waals surface area contributed by atoms with E-state index in [0.717, 1.165) is 42.5 Å². The molecule has 7 heteroatoms. The van der Waals surface area contributed by atoms with Crippen molar-refractivity contribution in [2.24, 2.45) is 4.99 Å². The molecule has 26 heavy (non-hydrogen) atoms. The Balaban J connectivity index is 0.00000625. The molecule has 0 bridgehead atoms. The van der Waals surface area contributed by atoms with Gasteiger partial charge in [0, 0.05) is 51.4 Å². The number of guanidine groups is 1. The molecule has 0 spiro atoms. The lowest BCUT2D eigenvalue weighted by atomic mass is 10.2. The second kappa shape index (κ2) is 13.0. The van der Waals surface area contributed by atoms with Crippen LogP contribution in [0.5, 0.6) is 11.5 Å². The minimum Gasteiger partial charge on any atom is -0.497 e. The third-order valence-corrected chi connectivity index (χ3v) is 4.57. The summed E-state index contributed by atoms with van der Waals surface area (Å²) >= 11 is 0. The van der Waals surface area contributed by atoms with Gasteiger partial charge >= 0.3 is 0 Å². The molecule has 0 fully saturated rings. The third kappa shape index (κ3) is 7.57. The van der Waals surface area contributed by atoms with E-state index < -0.39 is 0 Å². The van der Waals surface area contributed by atoms with E-state index in [0.29, 0.717) is 12.6 Å². The fourth-order valence-corrected chi connectivity index (χ4v) is 2.57. The summed E-state index contributed by atoms with van der Waals surface area (Å²) in [6.45, 7) is 7.00. The third-order valence-electron chi connectivity index (χ3n) is 4.57. The van der Waals surface area contributed by atoms with Gasteiger partial charge in [-0.15, -0.1) is 24.0 Å². The maximum Gasteiger partial charge on any atom is 0.193 e. The number of halogens is 1. The number of hydrogen-bond acceptors (Lipinski definition) is 4. The van der Waals surface area contributed by atoms with Crippen molar-refractivity contribution < 1.29 is 9.47 Å². The van der Waals surface area contributed by atoms with Crippen LogP contribution < -0.4 is 14.8 Å². The Morgan fingerprint density at radius 2 is 1.92 bits per heavy atom. The van der Waals surface area contributed by atoms with Crippen LogP contribution in [-0.2, 0) is 6.54 Å². The van der Waals surface area contributed by atoms with Gasteiger partial charge in [-0.25, -0.2) is 0 Å². The van der Waals surface area contributed by atoms with Crippen LogP contribution in [0.1, 0.15) is 25.8 Å². The fraction of sp³-hybridized carbons (Fsp3) is 0.632. The van der Waals surface area contributed by atoms with E-state index in [4.69, 9.17) is 9.47 Å². The average molecular weight is 478 g/mol. The summed E-state index contributed by atoms with van der Waals surface area (Å²) in [5, 5.41) is 3.43. The van der Waals surface area contributed by atoms with Gasteiger partial charge in [-0.3, -0.25) is 4.99 Å². The van der Waals surface area contributed by atoms with Crippen LogP contribution >= 0.6 is 24.0 Å². The van der Waals surface area contributed by atoms with E-state index in [2.05, 4.69) is 41.0 Å². The smallest absolute Gasteiger partial charge is 0.193 e. The molecule has 0 aliphatic rings. The SMILES string of the molecule is CCC(C)N(C)CCNC(=NC)N(C)Cc1ccc(OC)cc1OC.I. The molecule has 0 aliphatic heterocycles. The van der Waals surface area contributed by atoms with Gasteiger partial charge < -0.3 is 24.6 Å². The molecule has 6 nitrogen and oxygen atoms in total. The number of benzene rings is 1. The Labute approximate surface area is 176 Å². The normalized spacial score (nSPS) is 12.4. The quantitative estimate of drug-likeness (QED) is 0.336. The minimum atomic E-state index is 0. The maximum absolute atomic E-state index is 5.48. The van der Waals surface area contributed by atoms with Crippen LogP contribution in [0.3, 0.4) is 0 Å². The van der Waals surface area contributed by atoms with Crippen LogP contribution in [-0.4, -0.2) is 70.3 Å². The molecule has 0 saturated carbocycles. The summed E-state index contributed by atoms with van der Waals surface area (Å²) in [5.41, 5.74) is 1.09. The van der Waals surface area contributed by atoms with E-state index in [1.54, 1.807) is 14.2 Å². The number of aliphatic imine (C=N–C) groups is 1. The second-order valence-corrected chi connectivity index (χ2v) is 6.25. The van der Waals surface area contributed by atoms with Crippen molar-refractivity contribution >= 4 is 29.9 Å². The number of rotatable bonds is 9. The van der Waals surface area contributed by atoms with Crippen molar-refractivity contribution in [3.05, 3.63) is 23.8 Å². The van der Waals surface area contributed by atoms with Gasteiger partial charge in [-0.2, -0.15) is 0 Å². The van der Waals surface area contributed by atoms with E-state index in [9.17, 15) is 0 Å². The Hall–Kier alpha value is -1.22. The lowest BCUT2D eigenvalue weighted by Crippen LogP contribution is -2.43. The highest BCUT2D eigenvalue weighted by molar-refractivity contribution is 14.0. The maximum atomic E-state index is 5.48. The van der Waals surface area contributed by atoms with Crippen molar-refractivity contribution in [3.8, 4) is 11.5 Å². The molecule has 0 aliphatic carbocycles. The van der Waals surface area contributed by atoms with E-state index in [1.165, 1.54) is 0 Å². The lowest BCUT2D eigenvalue weighted by Gasteiger charge is -2.26. The first kappa shape index (κ1) is 24.8. The number of nitrogens with zero attached hydrogens (tertiary/aromatic N) is 3. The van der Waals surface area contributed by atoms with Crippen LogP contribution in [0.2, 0.25) is 0 Å². The number of methoxy groups -OCH3 is 2. The zero-order valence-electron chi connectivity index (χ0n) is 17.2. The Kier molecular flexibility index (Phi) is 12.4. The van der Waals surface area contributed by atoms with E-state index in [-0.39, 0.29) is 24.0 Å². The van der Waals surface area contributed by atoms with Gasteiger partial charge in [0.2, 0.25) is 0 Å².